The zero-order valence-electron chi connectivity index (χ0n) is 16.4. The van der Waals surface area contributed by atoms with E-state index in [0.717, 1.165) is 4.57 Å². The van der Waals surface area contributed by atoms with Crippen molar-refractivity contribution < 1.29 is 14.3 Å². The van der Waals surface area contributed by atoms with Gasteiger partial charge in [-0.15, -0.1) is 0 Å². The number of nitrogens with zero attached hydrogens (tertiary/aromatic N) is 2. The fraction of sp³-hybridized carbons (Fsp3) is 0.286. The Kier molecular flexibility index (Phi) is 6.46. The minimum atomic E-state index is -0.511. The second-order valence-corrected chi connectivity index (χ2v) is 6.35. The first-order valence-electron chi connectivity index (χ1n) is 9.29. The number of anilines is 1. The highest BCUT2D eigenvalue weighted by atomic mass is 16.5. The Morgan fingerprint density at radius 1 is 1.03 bits per heavy atom. The zero-order valence-corrected chi connectivity index (χ0v) is 16.4. The molecule has 29 heavy (non-hydrogen) atoms. The third kappa shape index (κ3) is 4.55. The lowest BCUT2D eigenvalue weighted by Crippen LogP contribution is -2.41. The molecule has 2 aromatic carbocycles. The molecule has 0 spiro atoms. The van der Waals surface area contributed by atoms with Crippen LogP contribution < -0.4 is 21.3 Å². The number of rotatable bonds is 8. The predicted octanol–water partition coefficient (Wildman–Crippen LogP) is 1.85. The number of fused-ring (bicyclic) bond motifs is 1. The van der Waals surface area contributed by atoms with Gasteiger partial charge in [0.2, 0.25) is 5.91 Å². The van der Waals surface area contributed by atoms with E-state index < -0.39 is 5.69 Å². The highest BCUT2D eigenvalue weighted by Crippen LogP contribution is 2.17. The number of amides is 1. The van der Waals surface area contributed by atoms with Crippen LogP contribution in [-0.4, -0.2) is 35.4 Å². The smallest absolute Gasteiger partial charge is 0.331 e. The Bertz CT molecular complexity index is 1130. The first-order valence-corrected chi connectivity index (χ1v) is 9.29. The summed E-state index contributed by atoms with van der Waals surface area (Å²) in [6.07, 6.45) is 0. The number of carbonyl (C=O) groups is 1. The van der Waals surface area contributed by atoms with E-state index in [-0.39, 0.29) is 24.6 Å². The molecule has 1 aromatic heterocycles. The quantitative estimate of drug-likeness (QED) is 0.586. The largest absolute Gasteiger partial charge is 0.491 e. The molecule has 8 heteroatoms. The van der Waals surface area contributed by atoms with Gasteiger partial charge in [0, 0.05) is 25.4 Å². The van der Waals surface area contributed by atoms with Gasteiger partial charge in [-0.2, -0.15) is 0 Å². The highest BCUT2D eigenvalue weighted by Gasteiger charge is 2.14. The van der Waals surface area contributed by atoms with Gasteiger partial charge in [0.1, 0.15) is 18.9 Å². The molecule has 3 aromatic rings. The van der Waals surface area contributed by atoms with Crippen molar-refractivity contribution in [1.82, 2.24) is 9.13 Å². The monoisotopic (exact) mass is 397 g/mol. The maximum atomic E-state index is 12.7. The molecule has 1 heterocycles. The van der Waals surface area contributed by atoms with E-state index in [4.69, 9.17) is 9.47 Å². The van der Waals surface area contributed by atoms with Crippen molar-refractivity contribution in [2.45, 2.75) is 20.0 Å². The topological polar surface area (TPSA) is 91.6 Å². The van der Waals surface area contributed by atoms with Crippen molar-refractivity contribution in [1.29, 1.82) is 0 Å². The molecular weight excluding hydrogens is 374 g/mol. The van der Waals surface area contributed by atoms with Crippen LogP contribution >= 0.6 is 0 Å². The number of benzene rings is 2. The average Bonchev–Trinajstić information content (AvgIpc) is 2.72. The summed E-state index contributed by atoms with van der Waals surface area (Å²) in [6.45, 7) is 2.59. The molecule has 0 saturated heterocycles. The molecule has 0 radical (unpaired) electrons. The minimum Gasteiger partial charge on any atom is -0.491 e. The van der Waals surface area contributed by atoms with E-state index in [1.54, 1.807) is 62.6 Å². The predicted molar refractivity (Wildman–Crippen MR) is 111 cm³/mol. The molecule has 0 unspecified atom stereocenters. The molecule has 3 rings (SSSR count). The molecule has 0 aliphatic carbocycles. The van der Waals surface area contributed by atoms with Crippen LogP contribution in [0.1, 0.15) is 6.92 Å². The third-order valence-electron chi connectivity index (χ3n) is 4.42. The summed E-state index contributed by atoms with van der Waals surface area (Å²) in [4.78, 5) is 37.8. The lowest BCUT2D eigenvalue weighted by atomic mass is 10.2. The number of hydrogen-bond donors (Lipinski definition) is 1. The first kappa shape index (κ1) is 20.3. The maximum Gasteiger partial charge on any atom is 0.331 e. The van der Waals surface area contributed by atoms with Crippen LogP contribution in [0.2, 0.25) is 0 Å². The van der Waals surface area contributed by atoms with E-state index in [1.165, 1.54) is 4.57 Å². The summed E-state index contributed by atoms with van der Waals surface area (Å²) in [5.41, 5.74) is 0.110. The fourth-order valence-corrected chi connectivity index (χ4v) is 3.05. The Morgan fingerprint density at radius 3 is 2.59 bits per heavy atom. The SMILES string of the molecule is CCn1c(=O)c2ccccc2n(CC(=O)Nc2cccc(OCCOC)c2)c1=O. The standard InChI is InChI=1S/C21H23N3O5/c1-3-23-20(26)17-9-4-5-10-18(17)24(21(23)27)14-19(25)22-15-7-6-8-16(13-15)29-12-11-28-2/h4-10,13H,3,11-12,14H2,1-2H3,(H,22,25). The molecule has 8 nitrogen and oxygen atoms in total. The molecule has 1 amide bonds. The number of carbonyl (C=O) groups excluding carboxylic acids is 1. The van der Waals surface area contributed by atoms with E-state index in [2.05, 4.69) is 5.32 Å². The van der Waals surface area contributed by atoms with Crippen molar-refractivity contribution in [2.24, 2.45) is 0 Å². The molecule has 0 atom stereocenters. The van der Waals surface area contributed by atoms with Crippen LogP contribution in [-0.2, 0) is 22.6 Å². The fourth-order valence-electron chi connectivity index (χ4n) is 3.05. The maximum absolute atomic E-state index is 12.7. The van der Waals surface area contributed by atoms with E-state index in [1.807, 2.05) is 0 Å². The summed E-state index contributed by atoms with van der Waals surface area (Å²) in [5.74, 6) is 0.217. The summed E-state index contributed by atoms with van der Waals surface area (Å²) in [7, 11) is 1.59. The molecule has 1 N–H and O–H groups in total. The van der Waals surface area contributed by atoms with Crippen LogP contribution in [0.5, 0.6) is 5.75 Å². The van der Waals surface area contributed by atoms with Crippen molar-refractivity contribution in [2.75, 3.05) is 25.6 Å². The molecule has 152 valence electrons. The summed E-state index contributed by atoms with van der Waals surface area (Å²) >= 11 is 0. The number of aromatic nitrogens is 2. The Labute approximate surface area is 167 Å². The summed E-state index contributed by atoms with van der Waals surface area (Å²) < 4.78 is 12.9. The first-order chi connectivity index (χ1) is 14.0. The molecule has 0 aliphatic heterocycles. The molecule has 0 fully saturated rings. The van der Waals surface area contributed by atoms with Crippen molar-refractivity contribution in [3.8, 4) is 5.75 Å². The number of para-hydroxylation sites is 1. The number of methoxy groups -OCH3 is 1. The normalized spacial score (nSPS) is 10.8. The lowest BCUT2D eigenvalue weighted by molar-refractivity contribution is -0.116. The van der Waals surface area contributed by atoms with Gasteiger partial charge in [-0.25, -0.2) is 4.79 Å². The lowest BCUT2D eigenvalue weighted by Gasteiger charge is -2.13. The second-order valence-electron chi connectivity index (χ2n) is 6.35. The van der Waals surface area contributed by atoms with Crippen molar-refractivity contribution >= 4 is 22.5 Å². The van der Waals surface area contributed by atoms with Crippen LogP contribution in [0, 0.1) is 0 Å². The van der Waals surface area contributed by atoms with Gasteiger partial charge in [-0.05, 0) is 31.2 Å². The van der Waals surface area contributed by atoms with Gasteiger partial charge >= 0.3 is 5.69 Å². The zero-order chi connectivity index (χ0) is 20.8. The van der Waals surface area contributed by atoms with Crippen molar-refractivity contribution in [3.63, 3.8) is 0 Å². The van der Waals surface area contributed by atoms with Gasteiger partial charge in [0.15, 0.2) is 0 Å². The van der Waals surface area contributed by atoms with Gasteiger partial charge in [0.25, 0.3) is 5.56 Å². The van der Waals surface area contributed by atoms with Crippen molar-refractivity contribution in [3.05, 3.63) is 69.4 Å². The minimum absolute atomic E-state index is 0.214. The summed E-state index contributed by atoms with van der Waals surface area (Å²) in [6, 6.07) is 13.7. The Morgan fingerprint density at radius 2 is 1.83 bits per heavy atom. The van der Waals surface area contributed by atoms with Crippen LogP contribution in [0.3, 0.4) is 0 Å². The van der Waals surface area contributed by atoms with Crippen LogP contribution in [0.15, 0.2) is 58.1 Å². The van der Waals surface area contributed by atoms with E-state index in [0.29, 0.717) is 35.6 Å². The van der Waals surface area contributed by atoms with E-state index >= 15 is 0 Å². The second kappa shape index (κ2) is 9.20. The van der Waals surface area contributed by atoms with Gasteiger partial charge in [-0.1, -0.05) is 18.2 Å². The summed E-state index contributed by atoms with van der Waals surface area (Å²) in [5, 5.41) is 3.17. The van der Waals surface area contributed by atoms with Gasteiger partial charge < -0.3 is 14.8 Å². The number of nitrogens with one attached hydrogen (secondary N) is 1. The van der Waals surface area contributed by atoms with Crippen LogP contribution in [0.25, 0.3) is 10.9 Å². The number of hydrogen-bond acceptors (Lipinski definition) is 5. The van der Waals surface area contributed by atoms with E-state index in [9.17, 15) is 14.4 Å². The Balaban J connectivity index is 1.85. The number of ether oxygens (including phenoxy) is 2. The highest BCUT2D eigenvalue weighted by molar-refractivity contribution is 5.91. The molecule has 0 aliphatic rings. The van der Waals surface area contributed by atoms with Crippen LogP contribution in [0.4, 0.5) is 5.69 Å². The van der Waals surface area contributed by atoms with Gasteiger partial charge in [0.05, 0.1) is 17.5 Å². The molecule has 0 saturated carbocycles. The molecule has 0 bridgehead atoms. The Hall–Kier alpha value is -3.39. The molecular formula is C21H23N3O5. The average molecular weight is 397 g/mol. The third-order valence-corrected chi connectivity index (χ3v) is 4.42. The van der Waals surface area contributed by atoms with Gasteiger partial charge in [-0.3, -0.25) is 18.7 Å².